The van der Waals surface area contributed by atoms with Crippen molar-refractivity contribution in [3.05, 3.63) is 38.3 Å². The first-order valence-electron chi connectivity index (χ1n) is 5.97. The average molecular weight is 328 g/mol. The smallest absolute Gasteiger partial charge is 0.271 e. The van der Waals surface area contributed by atoms with Crippen LogP contribution in [-0.2, 0) is 0 Å². The van der Waals surface area contributed by atoms with Crippen LogP contribution in [0.4, 0.5) is 5.69 Å². The van der Waals surface area contributed by atoms with Crippen LogP contribution < -0.4 is 5.73 Å². The normalized spacial score (nSPS) is 19.3. The Kier molecular flexibility index (Phi) is 4.16. The molecule has 0 saturated carbocycles. The first-order valence-corrected chi connectivity index (χ1v) is 6.76. The number of nitrogens with two attached hydrogens (primary N) is 1. The fourth-order valence-electron chi connectivity index (χ4n) is 2.18. The van der Waals surface area contributed by atoms with Crippen molar-refractivity contribution in [3.63, 3.8) is 0 Å². The summed E-state index contributed by atoms with van der Waals surface area (Å²) in [6, 6.07) is 4.25. The molecule has 6 nitrogen and oxygen atoms in total. The Morgan fingerprint density at radius 2 is 2.21 bits per heavy atom. The van der Waals surface area contributed by atoms with Crippen molar-refractivity contribution in [2.75, 3.05) is 13.1 Å². The Morgan fingerprint density at radius 1 is 1.47 bits per heavy atom. The van der Waals surface area contributed by atoms with E-state index in [0.717, 1.165) is 12.8 Å². The number of hydrogen-bond acceptors (Lipinski definition) is 4. The van der Waals surface area contributed by atoms with Crippen molar-refractivity contribution in [3.8, 4) is 0 Å². The van der Waals surface area contributed by atoms with Crippen LogP contribution in [0.3, 0.4) is 0 Å². The number of nitrogens with zero attached hydrogens (tertiary/aromatic N) is 2. The lowest BCUT2D eigenvalue weighted by atomic mass is 10.1. The molecular formula is C12H14BrN3O3. The predicted molar refractivity (Wildman–Crippen MR) is 73.9 cm³/mol. The summed E-state index contributed by atoms with van der Waals surface area (Å²) in [5, 5.41) is 10.8. The van der Waals surface area contributed by atoms with Crippen molar-refractivity contribution >= 4 is 27.5 Å². The van der Waals surface area contributed by atoms with Gasteiger partial charge >= 0.3 is 0 Å². The fourth-order valence-corrected chi connectivity index (χ4v) is 2.66. The number of benzene rings is 1. The summed E-state index contributed by atoms with van der Waals surface area (Å²) in [5.41, 5.74) is 6.05. The molecule has 1 unspecified atom stereocenters. The molecule has 1 aromatic carbocycles. The number of nitro groups is 1. The zero-order chi connectivity index (χ0) is 14.0. The molecule has 102 valence electrons. The van der Waals surface area contributed by atoms with Gasteiger partial charge in [-0.25, -0.2) is 0 Å². The number of carbonyl (C=O) groups is 1. The van der Waals surface area contributed by atoms with Gasteiger partial charge in [-0.05, 0) is 18.9 Å². The third-order valence-electron chi connectivity index (χ3n) is 3.09. The Bertz CT molecular complexity index is 521. The van der Waals surface area contributed by atoms with Crippen molar-refractivity contribution in [2.24, 2.45) is 5.73 Å². The van der Waals surface area contributed by atoms with E-state index in [4.69, 9.17) is 5.73 Å². The van der Waals surface area contributed by atoms with Crippen LogP contribution in [-0.4, -0.2) is 34.9 Å². The zero-order valence-corrected chi connectivity index (χ0v) is 11.8. The average Bonchev–Trinajstić information content (AvgIpc) is 2.37. The largest absolute Gasteiger partial charge is 0.337 e. The molecule has 0 spiro atoms. The third kappa shape index (κ3) is 3.30. The van der Waals surface area contributed by atoms with E-state index in [1.807, 2.05) is 0 Å². The van der Waals surface area contributed by atoms with Gasteiger partial charge in [-0.1, -0.05) is 15.9 Å². The third-order valence-corrected chi connectivity index (χ3v) is 3.54. The Balaban J connectivity index is 2.25. The van der Waals surface area contributed by atoms with Gasteiger partial charge < -0.3 is 10.6 Å². The van der Waals surface area contributed by atoms with Gasteiger partial charge in [-0.2, -0.15) is 0 Å². The van der Waals surface area contributed by atoms with E-state index in [-0.39, 0.29) is 17.6 Å². The molecule has 0 bridgehead atoms. The first kappa shape index (κ1) is 14.0. The van der Waals surface area contributed by atoms with Crippen LogP contribution in [0, 0.1) is 10.1 Å². The molecule has 1 saturated heterocycles. The molecule has 1 aromatic rings. The quantitative estimate of drug-likeness (QED) is 0.663. The van der Waals surface area contributed by atoms with Gasteiger partial charge in [0.05, 0.1) is 4.92 Å². The van der Waals surface area contributed by atoms with Crippen LogP contribution >= 0.6 is 15.9 Å². The molecule has 1 aliphatic heterocycles. The molecule has 1 amide bonds. The minimum absolute atomic E-state index is 0.0140. The van der Waals surface area contributed by atoms with Crippen LogP contribution in [0.25, 0.3) is 0 Å². The molecule has 1 heterocycles. The lowest BCUT2D eigenvalue weighted by Crippen LogP contribution is -2.45. The van der Waals surface area contributed by atoms with Crippen molar-refractivity contribution in [1.29, 1.82) is 0 Å². The zero-order valence-electron chi connectivity index (χ0n) is 10.2. The number of likely N-dealkylation sites (tertiary alicyclic amines) is 1. The van der Waals surface area contributed by atoms with Crippen molar-refractivity contribution in [1.82, 2.24) is 4.90 Å². The molecule has 2 N–H and O–H groups in total. The second-order valence-electron chi connectivity index (χ2n) is 4.61. The Labute approximate surface area is 118 Å². The maximum absolute atomic E-state index is 12.3. The molecule has 7 heteroatoms. The monoisotopic (exact) mass is 327 g/mol. The number of rotatable bonds is 2. The highest BCUT2D eigenvalue weighted by atomic mass is 79.9. The van der Waals surface area contributed by atoms with Crippen molar-refractivity contribution < 1.29 is 9.72 Å². The fraction of sp³-hybridized carbons (Fsp3) is 0.417. The second-order valence-corrected chi connectivity index (χ2v) is 5.52. The molecule has 19 heavy (non-hydrogen) atoms. The Morgan fingerprint density at radius 3 is 2.84 bits per heavy atom. The number of carbonyl (C=O) groups excluding carboxylic acids is 1. The van der Waals surface area contributed by atoms with Crippen molar-refractivity contribution in [2.45, 2.75) is 18.9 Å². The minimum atomic E-state index is -0.510. The summed E-state index contributed by atoms with van der Waals surface area (Å²) >= 11 is 3.19. The van der Waals surface area contributed by atoms with Crippen LogP contribution in [0.2, 0.25) is 0 Å². The number of hydrogen-bond donors (Lipinski definition) is 1. The maximum Gasteiger partial charge on any atom is 0.271 e. The highest BCUT2D eigenvalue weighted by Gasteiger charge is 2.23. The molecule has 0 aliphatic carbocycles. The number of non-ortho nitro benzene ring substituents is 1. The van der Waals surface area contributed by atoms with E-state index in [2.05, 4.69) is 15.9 Å². The van der Waals surface area contributed by atoms with Gasteiger partial charge in [0.2, 0.25) is 0 Å². The van der Waals surface area contributed by atoms with E-state index in [9.17, 15) is 14.9 Å². The van der Waals surface area contributed by atoms with E-state index in [1.165, 1.54) is 12.1 Å². The van der Waals surface area contributed by atoms with Gasteiger partial charge in [-0.15, -0.1) is 0 Å². The summed E-state index contributed by atoms with van der Waals surface area (Å²) in [7, 11) is 0. The molecule has 2 rings (SSSR count). The lowest BCUT2D eigenvalue weighted by molar-refractivity contribution is -0.385. The molecule has 1 atom stereocenters. The predicted octanol–water partition coefficient (Wildman–Crippen LogP) is 1.92. The Hall–Kier alpha value is -1.47. The molecular weight excluding hydrogens is 314 g/mol. The number of piperidine rings is 1. The van der Waals surface area contributed by atoms with Crippen LogP contribution in [0.15, 0.2) is 22.7 Å². The first-order chi connectivity index (χ1) is 8.97. The lowest BCUT2D eigenvalue weighted by Gasteiger charge is -2.30. The van der Waals surface area contributed by atoms with Gasteiger partial charge in [0, 0.05) is 41.3 Å². The summed E-state index contributed by atoms with van der Waals surface area (Å²) in [5.74, 6) is -0.209. The minimum Gasteiger partial charge on any atom is -0.337 e. The number of amides is 1. The van der Waals surface area contributed by atoms with E-state index < -0.39 is 4.92 Å². The highest BCUT2D eigenvalue weighted by molar-refractivity contribution is 9.10. The molecule has 1 fully saturated rings. The number of nitro benzene ring substituents is 1. The van der Waals surface area contributed by atoms with Gasteiger partial charge in [0.25, 0.3) is 11.6 Å². The summed E-state index contributed by atoms with van der Waals surface area (Å²) in [6.07, 6.45) is 1.77. The summed E-state index contributed by atoms with van der Waals surface area (Å²) in [4.78, 5) is 24.2. The van der Waals surface area contributed by atoms with Gasteiger partial charge in [0.15, 0.2) is 0 Å². The summed E-state index contributed by atoms with van der Waals surface area (Å²) < 4.78 is 0.520. The van der Waals surface area contributed by atoms with E-state index in [1.54, 1.807) is 11.0 Å². The topological polar surface area (TPSA) is 89.5 Å². The van der Waals surface area contributed by atoms with Gasteiger partial charge in [0.1, 0.15) is 0 Å². The molecule has 0 aromatic heterocycles. The van der Waals surface area contributed by atoms with Gasteiger partial charge in [-0.3, -0.25) is 14.9 Å². The standard InChI is InChI=1S/C12H14BrN3O3/c13-9-4-8(5-11(6-9)16(18)19)12(17)15-3-1-2-10(14)7-15/h4-6,10H,1-3,7,14H2. The van der Waals surface area contributed by atoms with Crippen LogP contribution in [0.1, 0.15) is 23.2 Å². The summed E-state index contributed by atoms with van der Waals surface area (Å²) in [6.45, 7) is 1.14. The van der Waals surface area contributed by atoms with E-state index >= 15 is 0 Å². The SMILES string of the molecule is NC1CCCN(C(=O)c2cc(Br)cc([N+](=O)[O-])c2)C1. The molecule has 0 radical (unpaired) electrons. The molecule has 1 aliphatic rings. The van der Waals surface area contributed by atoms with E-state index in [0.29, 0.717) is 23.1 Å². The maximum atomic E-state index is 12.3. The highest BCUT2D eigenvalue weighted by Crippen LogP contribution is 2.23. The number of halogens is 1. The second kappa shape index (κ2) is 5.66. The van der Waals surface area contributed by atoms with Crippen LogP contribution in [0.5, 0.6) is 0 Å².